The molecular weight excluding hydrogens is 320 g/mol. The molecule has 1 atom stereocenters. The van der Waals surface area contributed by atoms with Gasteiger partial charge in [-0.1, -0.05) is 36.4 Å². The number of aliphatic hydroxyl groups is 1. The number of carbonyl (C=O) groups is 1. The number of nitrogens with zero attached hydrogens (tertiary/aromatic N) is 1. The molecule has 2 N–H and O–H groups in total. The average Bonchev–Trinajstić information content (AvgIpc) is 3.14. The molecule has 1 saturated heterocycles. The number of rotatable bonds is 6. The van der Waals surface area contributed by atoms with Crippen molar-refractivity contribution in [3.05, 3.63) is 58.3 Å². The van der Waals surface area contributed by atoms with Crippen molar-refractivity contribution in [3.63, 3.8) is 0 Å². The fraction of sp³-hybridized carbons (Fsp3) is 0.421. The number of carbonyl (C=O) groups excluding carboxylic acids is 1. The number of hydrogen-bond acceptors (Lipinski definition) is 4. The molecule has 1 aromatic heterocycles. The Morgan fingerprint density at radius 2 is 1.96 bits per heavy atom. The number of likely N-dealkylation sites (tertiary alicyclic amines) is 1. The number of aliphatic hydroxyl groups excluding tert-OH is 1. The van der Waals surface area contributed by atoms with Gasteiger partial charge in [0.05, 0.1) is 19.2 Å². The fourth-order valence-electron chi connectivity index (χ4n) is 3.21. The lowest BCUT2D eigenvalue weighted by atomic mass is 9.87. The Hall–Kier alpha value is -1.69. The number of amides is 1. The Kier molecular flexibility index (Phi) is 6.01. The van der Waals surface area contributed by atoms with Gasteiger partial charge >= 0.3 is 0 Å². The lowest BCUT2D eigenvalue weighted by molar-refractivity contribution is -0.122. The molecule has 1 aliphatic heterocycles. The number of thiophene rings is 1. The highest BCUT2D eigenvalue weighted by Crippen LogP contribution is 2.30. The lowest BCUT2D eigenvalue weighted by Crippen LogP contribution is -2.42. The lowest BCUT2D eigenvalue weighted by Gasteiger charge is -2.34. The largest absolute Gasteiger partial charge is 0.388 e. The van der Waals surface area contributed by atoms with Gasteiger partial charge in [0.1, 0.15) is 0 Å². The summed E-state index contributed by atoms with van der Waals surface area (Å²) in [7, 11) is 0. The standard InChI is InChI=1S/C19H24N2O2S/c22-18(20-13-17-7-4-12-24-17)14-21-10-8-16(9-11-21)19(23)15-5-2-1-3-6-15/h1-7,12,16,19,23H,8-11,13-14H2,(H,20,22). The van der Waals surface area contributed by atoms with Gasteiger partial charge < -0.3 is 10.4 Å². The topological polar surface area (TPSA) is 52.6 Å². The van der Waals surface area contributed by atoms with E-state index in [0.29, 0.717) is 13.1 Å². The molecule has 2 aromatic rings. The first kappa shape index (κ1) is 17.1. The van der Waals surface area contributed by atoms with Crippen LogP contribution in [0.3, 0.4) is 0 Å². The van der Waals surface area contributed by atoms with Gasteiger partial charge in [-0.2, -0.15) is 0 Å². The first-order valence-electron chi connectivity index (χ1n) is 8.47. The highest BCUT2D eigenvalue weighted by molar-refractivity contribution is 7.09. The van der Waals surface area contributed by atoms with Crippen molar-refractivity contribution in [1.82, 2.24) is 10.2 Å². The summed E-state index contributed by atoms with van der Waals surface area (Å²) in [5.74, 6) is 0.350. The van der Waals surface area contributed by atoms with Crippen LogP contribution in [0.4, 0.5) is 0 Å². The van der Waals surface area contributed by atoms with E-state index in [-0.39, 0.29) is 11.8 Å². The van der Waals surface area contributed by atoms with E-state index in [9.17, 15) is 9.90 Å². The summed E-state index contributed by atoms with van der Waals surface area (Å²) in [6.45, 7) is 2.78. The summed E-state index contributed by atoms with van der Waals surface area (Å²) >= 11 is 1.66. The fourth-order valence-corrected chi connectivity index (χ4v) is 3.85. The molecule has 4 nitrogen and oxygen atoms in total. The predicted molar refractivity (Wildman–Crippen MR) is 96.7 cm³/mol. The Labute approximate surface area is 147 Å². The second kappa shape index (κ2) is 8.42. The van der Waals surface area contributed by atoms with E-state index < -0.39 is 6.10 Å². The number of nitrogens with one attached hydrogen (secondary N) is 1. The van der Waals surface area contributed by atoms with Crippen LogP contribution in [0.5, 0.6) is 0 Å². The van der Waals surface area contributed by atoms with Crippen molar-refractivity contribution in [2.24, 2.45) is 5.92 Å². The van der Waals surface area contributed by atoms with Gasteiger partial charge in [0.25, 0.3) is 0 Å². The van der Waals surface area contributed by atoms with Crippen LogP contribution in [0.15, 0.2) is 47.8 Å². The van der Waals surface area contributed by atoms with E-state index in [2.05, 4.69) is 10.2 Å². The summed E-state index contributed by atoms with van der Waals surface area (Å²) in [6, 6.07) is 13.9. The molecule has 0 spiro atoms. The maximum Gasteiger partial charge on any atom is 0.234 e. The predicted octanol–water partition coefficient (Wildman–Crippen LogP) is 2.81. The molecule has 0 aliphatic carbocycles. The van der Waals surface area contributed by atoms with E-state index >= 15 is 0 Å². The van der Waals surface area contributed by atoms with Gasteiger partial charge in [-0.05, 0) is 48.9 Å². The van der Waals surface area contributed by atoms with Crippen LogP contribution in [0.25, 0.3) is 0 Å². The number of hydrogen-bond donors (Lipinski definition) is 2. The third-order valence-corrected chi connectivity index (χ3v) is 5.50. The molecule has 1 unspecified atom stereocenters. The van der Waals surface area contributed by atoms with Crippen molar-refractivity contribution in [2.45, 2.75) is 25.5 Å². The van der Waals surface area contributed by atoms with Crippen LogP contribution in [-0.4, -0.2) is 35.5 Å². The smallest absolute Gasteiger partial charge is 0.234 e. The number of piperidine rings is 1. The Balaban J connectivity index is 1.41. The molecule has 1 aromatic carbocycles. The SMILES string of the molecule is O=C(CN1CCC(C(O)c2ccccc2)CC1)NCc1cccs1. The third kappa shape index (κ3) is 4.66. The molecule has 5 heteroatoms. The molecule has 0 bridgehead atoms. The van der Waals surface area contributed by atoms with Gasteiger partial charge in [0, 0.05) is 4.88 Å². The third-order valence-electron chi connectivity index (χ3n) is 4.63. The average molecular weight is 344 g/mol. The zero-order valence-corrected chi connectivity index (χ0v) is 14.5. The summed E-state index contributed by atoms with van der Waals surface area (Å²) < 4.78 is 0. The Morgan fingerprint density at radius 1 is 1.21 bits per heavy atom. The van der Waals surface area contributed by atoms with Crippen LogP contribution >= 0.6 is 11.3 Å². The minimum Gasteiger partial charge on any atom is -0.388 e. The van der Waals surface area contributed by atoms with Crippen LogP contribution in [0.2, 0.25) is 0 Å². The molecular formula is C19H24N2O2S. The molecule has 1 amide bonds. The van der Waals surface area contributed by atoms with Crippen molar-refractivity contribution >= 4 is 17.2 Å². The second-order valence-corrected chi connectivity index (χ2v) is 7.36. The molecule has 1 fully saturated rings. The first-order chi connectivity index (χ1) is 11.7. The van der Waals surface area contributed by atoms with Gasteiger partial charge in [-0.25, -0.2) is 0 Å². The quantitative estimate of drug-likeness (QED) is 0.847. The van der Waals surface area contributed by atoms with Gasteiger partial charge in [-0.15, -0.1) is 11.3 Å². The van der Waals surface area contributed by atoms with E-state index in [4.69, 9.17) is 0 Å². The Morgan fingerprint density at radius 3 is 2.62 bits per heavy atom. The van der Waals surface area contributed by atoms with Gasteiger partial charge in [0.15, 0.2) is 0 Å². The maximum absolute atomic E-state index is 12.0. The van der Waals surface area contributed by atoms with Crippen LogP contribution in [0, 0.1) is 5.92 Å². The molecule has 3 rings (SSSR count). The molecule has 0 saturated carbocycles. The van der Waals surface area contributed by atoms with Crippen LogP contribution < -0.4 is 5.32 Å². The molecule has 1 aliphatic rings. The van der Waals surface area contributed by atoms with Crippen molar-refractivity contribution < 1.29 is 9.90 Å². The first-order valence-corrected chi connectivity index (χ1v) is 9.35. The minimum absolute atomic E-state index is 0.0745. The monoisotopic (exact) mass is 344 g/mol. The normalized spacial score (nSPS) is 17.5. The van der Waals surface area contributed by atoms with Gasteiger partial charge in [-0.3, -0.25) is 9.69 Å². The zero-order chi connectivity index (χ0) is 16.8. The molecule has 0 radical (unpaired) electrons. The zero-order valence-electron chi connectivity index (χ0n) is 13.7. The minimum atomic E-state index is -0.402. The molecule has 24 heavy (non-hydrogen) atoms. The van der Waals surface area contributed by atoms with Crippen LogP contribution in [0.1, 0.15) is 29.4 Å². The van der Waals surface area contributed by atoms with Crippen LogP contribution in [-0.2, 0) is 11.3 Å². The van der Waals surface area contributed by atoms with Crippen molar-refractivity contribution in [1.29, 1.82) is 0 Å². The second-order valence-electron chi connectivity index (χ2n) is 6.33. The molecule has 2 heterocycles. The summed E-state index contributed by atoms with van der Waals surface area (Å²) in [4.78, 5) is 15.4. The van der Waals surface area contributed by atoms with E-state index in [1.165, 1.54) is 4.88 Å². The maximum atomic E-state index is 12.0. The van der Waals surface area contributed by atoms with Gasteiger partial charge in [0.2, 0.25) is 5.91 Å². The molecule has 128 valence electrons. The summed E-state index contributed by atoms with van der Waals surface area (Å²) in [5.41, 5.74) is 0.990. The Bertz CT molecular complexity index is 622. The van der Waals surface area contributed by atoms with E-state index in [1.807, 2.05) is 47.8 Å². The number of benzene rings is 1. The van der Waals surface area contributed by atoms with Crippen molar-refractivity contribution in [2.75, 3.05) is 19.6 Å². The highest BCUT2D eigenvalue weighted by Gasteiger charge is 2.26. The summed E-state index contributed by atoms with van der Waals surface area (Å²) in [6.07, 6.45) is 1.45. The summed E-state index contributed by atoms with van der Waals surface area (Å²) in [5, 5.41) is 15.5. The van der Waals surface area contributed by atoms with E-state index in [1.54, 1.807) is 11.3 Å². The van der Waals surface area contributed by atoms with Crippen molar-refractivity contribution in [3.8, 4) is 0 Å². The highest BCUT2D eigenvalue weighted by atomic mass is 32.1. The van der Waals surface area contributed by atoms with E-state index in [0.717, 1.165) is 31.5 Å².